The summed E-state index contributed by atoms with van der Waals surface area (Å²) >= 11 is 0. The zero-order chi connectivity index (χ0) is 20.9. The van der Waals surface area contributed by atoms with Gasteiger partial charge >= 0.3 is 0 Å². The second-order valence-electron chi connectivity index (χ2n) is 7.37. The highest BCUT2D eigenvalue weighted by Crippen LogP contribution is 2.28. The molecule has 0 heterocycles. The molecule has 6 heteroatoms. The molecule has 0 unspecified atom stereocenters. The van der Waals surface area contributed by atoms with E-state index in [9.17, 15) is 13.2 Å². The van der Waals surface area contributed by atoms with Gasteiger partial charge in [0, 0.05) is 0 Å². The predicted octanol–water partition coefficient (Wildman–Crippen LogP) is 4.02. The predicted molar refractivity (Wildman–Crippen MR) is 115 cm³/mol. The highest BCUT2D eigenvalue weighted by atomic mass is 32.2. The Balaban J connectivity index is 2.20. The van der Waals surface area contributed by atoms with Crippen molar-refractivity contribution in [3.05, 3.63) is 65.2 Å². The summed E-state index contributed by atoms with van der Waals surface area (Å²) in [5.41, 5.74) is 3.66. The number of benzene rings is 2. The number of carbonyl (C=O) groups is 1. The molecule has 0 bridgehead atoms. The summed E-state index contributed by atoms with van der Waals surface area (Å²) in [5.74, 6) is -0.199. The van der Waals surface area contributed by atoms with Crippen LogP contribution in [0.25, 0.3) is 0 Å². The maximum Gasteiger partial charge on any atom is 0.241 e. The molecule has 2 aromatic rings. The van der Waals surface area contributed by atoms with Gasteiger partial charge in [-0.15, -0.1) is 0 Å². The number of sulfonamides is 1. The Morgan fingerprint density at radius 3 is 2.18 bits per heavy atom. The number of nitrogens with zero attached hydrogens (tertiary/aromatic N) is 1. The third-order valence-electron chi connectivity index (χ3n) is 4.78. The van der Waals surface area contributed by atoms with Crippen LogP contribution >= 0.6 is 0 Å². The Hall–Kier alpha value is -2.34. The fraction of sp³-hybridized carbons (Fsp3) is 0.409. The molecule has 0 aliphatic carbocycles. The number of hydrogen-bond acceptors (Lipinski definition) is 3. The topological polar surface area (TPSA) is 66.5 Å². The van der Waals surface area contributed by atoms with Crippen molar-refractivity contribution >= 4 is 21.6 Å². The smallest absolute Gasteiger partial charge is 0.241 e. The largest absolute Gasteiger partial charge is 0.348 e. The minimum atomic E-state index is -3.61. The fourth-order valence-electron chi connectivity index (χ4n) is 3.13. The van der Waals surface area contributed by atoms with E-state index in [-0.39, 0.29) is 24.4 Å². The van der Waals surface area contributed by atoms with Crippen molar-refractivity contribution in [2.45, 2.75) is 46.1 Å². The molecular formula is C22H30N2O3S. The van der Waals surface area contributed by atoms with Crippen LogP contribution in [0.4, 0.5) is 5.69 Å². The Morgan fingerprint density at radius 2 is 1.64 bits per heavy atom. The Kier molecular flexibility index (Phi) is 7.24. The SMILES string of the molecule is CCc1ccc([C@@H](C)NC(=O)CN(c2ccccc2C(C)C)S(C)(=O)=O)cc1. The summed E-state index contributed by atoms with van der Waals surface area (Å²) in [6, 6.07) is 15.2. The lowest BCUT2D eigenvalue weighted by Crippen LogP contribution is -2.41. The van der Waals surface area contributed by atoms with Crippen LogP contribution in [0.3, 0.4) is 0 Å². The number of nitrogens with one attached hydrogen (secondary N) is 1. The van der Waals surface area contributed by atoms with Crippen molar-refractivity contribution < 1.29 is 13.2 Å². The first-order valence-electron chi connectivity index (χ1n) is 9.58. The van der Waals surface area contributed by atoms with Crippen LogP contribution < -0.4 is 9.62 Å². The number of amides is 1. The molecule has 152 valence electrons. The lowest BCUT2D eigenvalue weighted by molar-refractivity contribution is -0.120. The monoisotopic (exact) mass is 402 g/mol. The molecule has 0 aromatic heterocycles. The van der Waals surface area contributed by atoms with Crippen LogP contribution in [-0.4, -0.2) is 27.1 Å². The van der Waals surface area contributed by atoms with Crippen molar-refractivity contribution in [3.8, 4) is 0 Å². The molecule has 0 aliphatic rings. The molecule has 1 atom stereocenters. The minimum absolute atomic E-state index is 0.138. The molecule has 1 N–H and O–H groups in total. The normalized spacial score (nSPS) is 12.6. The summed E-state index contributed by atoms with van der Waals surface area (Å²) in [6.45, 7) is 7.74. The number of para-hydroxylation sites is 1. The number of rotatable bonds is 8. The average Bonchev–Trinajstić information content (AvgIpc) is 2.65. The highest BCUT2D eigenvalue weighted by molar-refractivity contribution is 7.92. The van der Waals surface area contributed by atoms with E-state index in [0.717, 1.165) is 23.8 Å². The molecule has 1 amide bonds. The number of carbonyl (C=O) groups excluding carboxylic acids is 1. The van der Waals surface area contributed by atoms with Gasteiger partial charge in [0.05, 0.1) is 18.0 Å². The van der Waals surface area contributed by atoms with Crippen molar-refractivity contribution in [3.63, 3.8) is 0 Å². The van der Waals surface area contributed by atoms with Crippen molar-refractivity contribution in [2.75, 3.05) is 17.1 Å². The number of aryl methyl sites for hydroxylation is 1. The molecular weight excluding hydrogens is 372 g/mol. The molecule has 0 radical (unpaired) electrons. The van der Waals surface area contributed by atoms with Gasteiger partial charge in [-0.25, -0.2) is 8.42 Å². The van der Waals surface area contributed by atoms with Gasteiger partial charge in [-0.05, 0) is 42.0 Å². The first-order chi connectivity index (χ1) is 13.1. The van der Waals surface area contributed by atoms with Gasteiger partial charge < -0.3 is 5.32 Å². The molecule has 2 aromatic carbocycles. The van der Waals surface area contributed by atoms with E-state index in [1.807, 2.05) is 57.2 Å². The van der Waals surface area contributed by atoms with E-state index in [1.54, 1.807) is 12.1 Å². The molecule has 0 fully saturated rings. The van der Waals surface area contributed by atoms with Crippen LogP contribution in [0.1, 0.15) is 56.3 Å². The van der Waals surface area contributed by atoms with Crippen LogP contribution in [0.2, 0.25) is 0 Å². The maximum atomic E-state index is 12.6. The summed E-state index contributed by atoms with van der Waals surface area (Å²) in [5, 5.41) is 2.91. The zero-order valence-corrected chi connectivity index (χ0v) is 18.1. The summed E-state index contributed by atoms with van der Waals surface area (Å²) in [6.07, 6.45) is 2.09. The molecule has 0 saturated carbocycles. The first kappa shape index (κ1) is 22.0. The quantitative estimate of drug-likeness (QED) is 0.725. The van der Waals surface area contributed by atoms with E-state index < -0.39 is 10.0 Å². The first-order valence-corrected chi connectivity index (χ1v) is 11.4. The number of hydrogen-bond donors (Lipinski definition) is 1. The van der Waals surface area contributed by atoms with Gasteiger partial charge in [0.2, 0.25) is 15.9 Å². The molecule has 2 rings (SSSR count). The van der Waals surface area contributed by atoms with Crippen LogP contribution in [0.15, 0.2) is 48.5 Å². The van der Waals surface area contributed by atoms with E-state index >= 15 is 0 Å². The van der Waals surface area contributed by atoms with Crippen molar-refractivity contribution in [1.82, 2.24) is 5.32 Å². The minimum Gasteiger partial charge on any atom is -0.348 e. The van der Waals surface area contributed by atoms with Crippen LogP contribution in [0, 0.1) is 0 Å². The molecule has 0 saturated heterocycles. The maximum absolute atomic E-state index is 12.6. The Morgan fingerprint density at radius 1 is 1.04 bits per heavy atom. The fourth-order valence-corrected chi connectivity index (χ4v) is 4.00. The van der Waals surface area contributed by atoms with Crippen molar-refractivity contribution in [2.24, 2.45) is 0 Å². The standard InChI is InChI=1S/C22H30N2O3S/c1-6-18-11-13-19(14-12-18)17(4)23-22(25)15-24(28(5,26)27)21-10-8-7-9-20(21)16(2)3/h7-14,16-17H,6,15H2,1-5H3,(H,23,25)/t17-/m1/s1. The summed E-state index contributed by atoms with van der Waals surface area (Å²) in [4.78, 5) is 12.6. The lowest BCUT2D eigenvalue weighted by Gasteiger charge is -2.26. The summed E-state index contributed by atoms with van der Waals surface area (Å²) in [7, 11) is -3.61. The second kappa shape index (κ2) is 9.24. The molecule has 0 spiro atoms. The van der Waals surface area contributed by atoms with E-state index in [1.165, 1.54) is 9.87 Å². The third-order valence-corrected chi connectivity index (χ3v) is 5.91. The molecule has 0 aliphatic heterocycles. The van der Waals surface area contributed by atoms with Gasteiger partial charge in [-0.3, -0.25) is 9.10 Å². The van der Waals surface area contributed by atoms with Gasteiger partial charge in [0.15, 0.2) is 0 Å². The van der Waals surface area contributed by atoms with Gasteiger partial charge in [-0.1, -0.05) is 63.2 Å². The highest BCUT2D eigenvalue weighted by Gasteiger charge is 2.24. The van der Waals surface area contributed by atoms with E-state index in [4.69, 9.17) is 0 Å². The van der Waals surface area contributed by atoms with Crippen LogP contribution in [0.5, 0.6) is 0 Å². The third kappa shape index (κ3) is 5.58. The van der Waals surface area contributed by atoms with Crippen molar-refractivity contribution in [1.29, 1.82) is 0 Å². The average molecular weight is 403 g/mol. The van der Waals surface area contributed by atoms with Gasteiger partial charge in [0.1, 0.15) is 6.54 Å². The molecule has 28 heavy (non-hydrogen) atoms. The van der Waals surface area contributed by atoms with Gasteiger partial charge in [-0.2, -0.15) is 0 Å². The zero-order valence-electron chi connectivity index (χ0n) is 17.3. The Labute approximate surface area is 168 Å². The van der Waals surface area contributed by atoms with E-state index in [0.29, 0.717) is 5.69 Å². The molecule has 5 nitrogen and oxygen atoms in total. The number of anilines is 1. The Bertz CT molecular complexity index is 906. The van der Waals surface area contributed by atoms with E-state index in [2.05, 4.69) is 12.2 Å². The second-order valence-corrected chi connectivity index (χ2v) is 9.27. The summed E-state index contributed by atoms with van der Waals surface area (Å²) < 4.78 is 26.0. The van der Waals surface area contributed by atoms with Crippen LogP contribution in [-0.2, 0) is 21.2 Å². The van der Waals surface area contributed by atoms with Gasteiger partial charge in [0.25, 0.3) is 0 Å². The lowest BCUT2D eigenvalue weighted by atomic mass is 10.0.